The molecule has 0 aliphatic heterocycles. The number of carbonyl (C=O) groups is 1. The lowest BCUT2D eigenvalue weighted by Crippen LogP contribution is -2.24. The fourth-order valence-corrected chi connectivity index (χ4v) is 4.19. The van der Waals surface area contributed by atoms with Gasteiger partial charge in [0.15, 0.2) is 5.65 Å². The van der Waals surface area contributed by atoms with Crippen molar-refractivity contribution < 1.29 is 14.3 Å². The van der Waals surface area contributed by atoms with Crippen LogP contribution in [0.3, 0.4) is 0 Å². The van der Waals surface area contributed by atoms with E-state index in [0.29, 0.717) is 6.54 Å². The molecule has 8 heteroatoms. The molecule has 2 heterocycles. The van der Waals surface area contributed by atoms with Crippen LogP contribution in [-0.4, -0.2) is 40.5 Å². The van der Waals surface area contributed by atoms with Crippen molar-refractivity contribution in [1.82, 2.24) is 19.9 Å². The van der Waals surface area contributed by atoms with Gasteiger partial charge in [0, 0.05) is 17.8 Å². The number of methoxy groups -OCH3 is 2. The van der Waals surface area contributed by atoms with Crippen molar-refractivity contribution in [1.29, 1.82) is 0 Å². The first-order valence-electron chi connectivity index (χ1n) is 10.1. The van der Waals surface area contributed by atoms with Crippen LogP contribution in [0.15, 0.2) is 65.8 Å². The molecule has 1 N–H and O–H groups in total. The maximum absolute atomic E-state index is 12.4. The quantitative estimate of drug-likeness (QED) is 0.323. The highest BCUT2D eigenvalue weighted by Crippen LogP contribution is 2.28. The molecule has 0 fully saturated rings. The lowest BCUT2D eigenvalue weighted by Gasteiger charge is -2.09. The molecular weight excluding hydrogens is 424 g/mol. The van der Waals surface area contributed by atoms with Gasteiger partial charge in [0.05, 0.1) is 26.2 Å². The van der Waals surface area contributed by atoms with Crippen molar-refractivity contribution in [2.45, 2.75) is 18.5 Å². The summed E-state index contributed by atoms with van der Waals surface area (Å²) in [5.41, 5.74) is 4.55. The lowest BCUT2D eigenvalue weighted by molar-refractivity contribution is -0.118. The summed E-state index contributed by atoms with van der Waals surface area (Å²) < 4.78 is 12.3. The highest BCUT2D eigenvalue weighted by atomic mass is 32.2. The van der Waals surface area contributed by atoms with E-state index in [1.807, 2.05) is 61.5 Å². The van der Waals surface area contributed by atoms with Crippen LogP contribution in [-0.2, 0) is 11.3 Å². The molecule has 0 radical (unpaired) electrons. The van der Waals surface area contributed by atoms with Gasteiger partial charge < -0.3 is 14.8 Å². The van der Waals surface area contributed by atoms with E-state index in [1.54, 1.807) is 24.9 Å². The zero-order valence-corrected chi connectivity index (χ0v) is 19.0. The number of nitrogens with one attached hydrogen (secondary N) is 1. The SMILES string of the molecule is COc1ccc(-c2cnn3c(SCC(=O)NCc4cccc(OC)c4)cc(C)nc23)cc1. The molecule has 0 unspecified atom stereocenters. The smallest absolute Gasteiger partial charge is 0.230 e. The second-order valence-corrected chi connectivity index (χ2v) is 8.17. The highest BCUT2D eigenvalue weighted by molar-refractivity contribution is 7.99. The van der Waals surface area contributed by atoms with Gasteiger partial charge in [0.2, 0.25) is 5.91 Å². The highest BCUT2D eigenvalue weighted by Gasteiger charge is 2.14. The molecule has 0 bridgehead atoms. The van der Waals surface area contributed by atoms with Gasteiger partial charge >= 0.3 is 0 Å². The van der Waals surface area contributed by atoms with Crippen LogP contribution in [0, 0.1) is 6.92 Å². The number of ether oxygens (including phenoxy) is 2. The number of fused-ring (bicyclic) bond motifs is 1. The van der Waals surface area contributed by atoms with Crippen LogP contribution in [0.25, 0.3) is 16.8 Å². The molecule has 0 aliphatic rings. The third-order valence-corrected chi connectivity index (χ3v) is 5.94. The summed E-state index contributed by atoms with van der Waals surface area (Å²) in [5, 5.41) is 8.34. The van der Waals surface area contributed by atoms with Crippen molar-refractivity contribution in [3.05, 3.63) is 72.1 Å². The number of nitrogens with zero attached hydrogens (tertiary/aromatic N) is 3. The number of benzene rings is 2. The van der Waals surface area contributed by atoms with Gasteiger partial charge in [-0.25, -0.2) is 9.50 Å². The van der Waals surface area contributed by atoms with Crippen molar-refractivity contribution in [3.63, 3.8) is 0 Å². The Hall–Kier alpha value is -3.52. The maximum atomic E-state index is 12.4. The van der Waals surface area contributed by atoms with Gasteiger partial charge in [-0.3, -0.25) is 4.79 Å². The minimum absolute atomic E-state index is 0.0528. The Labute approximate surface area is 190 Å². The zero-order valence-electron chi connectivity index (χ0n) is 18.2. The number of amides is 1. The number of carbonyl (C=O) groups excluding carboxylic acids is 1. The molecule has 0 spiro atoms. The van der Waals surface area contributed by atoms with E-state index in [0.717, 1.165) is 44.6 Å². The van der Waals surface area contributed by atoms with Crippen molar-refractivity contribution in [3.8, 4) is 22.6 Å². The fraction of sp³-hybridized carbons (Fsp3) is 0.208. The second kappa shape index (κ2) is 9.74. The Morgan fingerprint density at radius 2 is 1.84 bits per heavy atom. The number of thioether (sulfide) groups is 1. The largest absolute Gasteiger partial charge is 0.497 e. The molecule has 2 aromatic carbocycles. The van der Waals surface area contributed by atoms with E-state index in [-0.39, 0.29) is 11.7 Å². The van der Waals surface area contributed by atoms with Crippen molar-refractivity contribution >= 4 is 23.3 Å². The molecular formula is C24H24N4O3S. The molecule has 1 amide bonds. The van der Waals surface area contributed by atoms with Crippen molar-refractivity contribution in [2.24, 2.45) is 0 Å². The summed E-state index contributed by atoms with van der Waals surface area (Å²) in [6.45, 7) is 2.39. The normalized spacial score (nSPS) is 10.8. The van der Waals surface area contributed by atoms with E-state index < -0.39 is 0 Å². The summed E-state index contributed by atoms with van der Waals surface area (Å²) in [6.07, 6.45) is 1.80. The van der Waals surface area contributed by atoms with Crippen LogP contribution in [0.1, 0.15) is 11.3 Å². The molecule has 0 aliphatic carbocycles. The minimum Gasteiger partial charge on any atom is -0.497 e. The fourth-order valence-electron chi connectivity index (χ4n) is 3.30. The van der Waals surface area contributed by atoms with Crippen LogP contribution in [0.5, 0.6) is 11.5 Å². The monoisotopic (exact) mass is 448 g/mol. The van der Waals surface area contributed by atoms with E-state index in [1.165, 1.54) is 11.8 Å². The van der Waals surface area contributed by atoms with Crippen LogP contribution >= 0.6 is 11.8 Å². The van der Waals surface area contributed by atoms with Gasteiger partial charge in [-0.05, 0) is 48.4 Å². The number of hydrogen-bond donors (Lipinski definition) is 1. The summed E-state index contributed by atoms with van der Waals surface area (Å²) in [6, 6.07) is 17.4. The van der Waals surface area contributed by atoms with Crippen LogP contribution in [0.2, 0.25) is 0 Å². The minimum atomic E-state index is -0.0528. The standard InChI is InChI=1S/C24H24N4O3S/c1-16-11-23(32-15-22(29)25-13-17-5-4-6-20(12-17)31-3)28-24(27-16)21(14-26-28)18-7-9-19(30-2)10-8-18/h4-12,14H,13,15H2,1-3H3,(H,25,29). The molecule has 0 saturated heterocycles. The molecule has 32 heavy (non-hydrogen) atoms. The molecule has 164 valence electrons. The molecule has 4 rings (SSSR count). The van der Waals surface area contributed by atoms with E-state index in [4.69, 9.17) is 9.47 Å². The first-order chi connectivity index (χ1) is 15.6. The number of rotatable bonds is 8. The molecule has 2 aromatic heterocycles. The predicted molar refractivity (Wildman–Crippen MR) is 125 cm³/mol. The number of aryl methyl sites for hydroxylation is 1. The van der Waals surface area contributed by atoms with Gasteiger partial charge in [-0.1, -0.05) is 36.0 Å². The topological polar surface area (TPSA) is 77.8 Å². The van der Waals surface area contributed by atoms with Crippen LogP contribution < -0.4 is 14.8 Å². The average Bonchev–Trinajstić information content (AvgIpc) is 3.25. The van der Waals surface area contributed by atoms with Gasteiger partial charge in [-0.15, -0.1) is 0 Å². The van der Waals surface area contributed by atoms with Crippen LogP contribution in [0.4, 0.5) is 0 Å². The summed E-state index contributed by atoms with van der Waals surface area (Å²) in [4.78, 5) is 17.1. The third-order valence-electron chi connectivity index (χ3n) is 4.94. The molecule has 0 atom stereocenters. The van der Waals surface area contributed by atoms with E-state index in [2.05, 4.69) is 15.4 Å². The Morgan fingerprint density at radius 1 is 1.06 bits per heavy atom. The first-order valence-corrected chi connectivity index (χ1v) is 11.1. The number of aromatic nitrogens is 3. The third kappa shape index (κ3) is 4.86. The number of hydrogen-bond acceptors (Lipinski definition) is 6. The van der Waals surface area contributed by atoms with Gasteiger partial charge in [0.1, 0.15) is 16.5 Å². The summed E-state index contributed by atoms with van der Waals surface area (Å²) in [7, 11) is 3.27. The Kier molecular flexibility index (Phi) is 6.61. The first kappa shape index (κ1) is 21.7. The van der Waals surface area contributed by atoms with Crippen molar-refractivity contribution in [2.75, 3.05) is 20.0 Å². The van der Waals surface area contributed by atoms with E-state index >= 15 is 0 Å². The summed E-state index contributed by atoms with van der Waals surface area (Å²) in [5.74, 6) is 1.79. The second-order valence-electron chi connectivity index (χ2n) is 7.17. The average molecular weight is 449 g/mol. The molecule has 4 aromatic rings. The lowest BCUT2D eigenvalue weighted by atomic mass is 10.1. The Balaban J connectivity index is 1.47. The zero-order chi connectivity index (χ0) is 22.5. The molecule has 0 saturated carbocycles. The predicted octanol–water partition coefficient (Wildman–Crippen LogP) is 4.13. The van der Waals surface area contributed by atoms with Gasteiger partial charge in [-0.2, -0.15) is 5.10 Å². The Bertz CT molecular complexity index is 1240. The Morgan fingerprint density at radius 3 is 2.59 bits per heavy atom. The maximum Gasteiger partial charge on any atom is 0.230 e. The summed E-state index contributed by atoms with van der Waals surface area (Å²) >= 11 is 1.43. The van der Waals surface area contributed by atoms with E-state index in [9.17, 15) is 4.79 Å². The molecule has 7 nitrogen and oxygen atoms in total. The van der Waals surface area contributed by atoms with Gasteiger partial charge in [0.25, 0.3) is 0 Å².